The van der Waals surface area contributed by atoms with E-state index in [0.29, 0.717) is 0 Å². The highest BCUT2D eigenvalue weighted by atomic mass is 32.2. The van der Waals surface area contributed by atoms with Gasteiger partial charge in [-0.25, -0.2) is 9.10 Å². The van der Waals surface area contributed by atoms with Gasteiger partial charge in [-0.05, 0) is 0 Å². The van der Waals surface area contributed by atoms with Crippen LogP contribution in [-0.2, 0) is 49.6 Å². The lowest BCUT2D eigenvalue weighted by molar-refractivity contribution is -0.197. The van der Waals surface area contributed by atoms with Crippen molar-refractivity contribution in [1.29, 1.82) is 0 Å². The molecule has 94 valence electrons. The molecule has 0 aliphatic carbocycles. The molecule has 10 heteroatoms. The summed E-state index contributed by atoms with van der Waals surface area (Å²) in [6.45, 7) is -1.39. The number of Topliss-reactive ketones (excluding diaryl/α,β-unsaturated/α-hetero) is 2. The molecule has 0 aliphatic rings. The van der Waals surface area contributed by atoms with Crippen molar-refractivity contribution < 1.29 is 35.6 Å². The maximum Gasteiger partial charge on any atom is 0.304 e. The fraction of sp³-hybridized carbons (Fsp3) is 0.667. The third-order valence-corrected chi connectivity index (χ3v) is 1.94. The Hall–Kier alpha value is -0.520. The lowest BCUT2D eigenvalue weighted by Crippen LogP contribution is -2.25. The van der Waals surface area contributed by atoms with Gasteiger partial charge in [0.15, 0.2) is 11.1 Å². The molecule has 0 rings (SSSR count). The molecular formula is C6H10O8S2. The number of ketones is 2. The first-order chi connectivity index (χ1) is 7.47. The molecule has 0 saturated carbocycles. The maximum absolute atomic E-state index is 11.0. The Balaban J connectivity index is 3.78. The average molecular weight is 274 g/mol. The topological polar surface area (TPSA) is 105 Å². The zero-order valence-electron chi connectivity index (χ0n) is 8.50. The number of carbonyl (C=O) groups excluding carboxylic acids is 2. The van der Waals surface area contributed by atoms with Gasteiger partial charge in [0.05, 0.1) is 7.11 Å². The summed E-state index contributed by atoms with van der Waals surface area (Å²) < 4.78 is 33.5. The van der Waals surface area contributed by atoms with Crippen molar-refractivity contribution >= 4 is 34.0 Å². The summed E-state index contributed by atoms with van der Waals surface area (Å²) >= 11 is -3.76. The van der Waals surface area contributed by atoms with E-state index in [1.54, 1.807) is 0 Å². The third-order valence-electron chi connectivity index (χ3n) is 1.07. The average Bonchev–Trinajstić information content (AvgIpc) is 2.24. The van der Waals surface area contributed by atoms with Gasteiger partial charge in [-0.2, -0.15) is 4.21 Å². The zero-order valence-corrected chi connectivity index (χ0v) is 10.1. The molecule has 0 aromatic heterocycles. The monoisotopic (exact) mass is 274 g/mol. The highest BCUT2D eigenvalue weighted by molar-refractivity contribution is 7.79. The second-order valence-corrected chi connectivity index (χ2v) is 4.13. The zero-order chi connectivity index (χ0) is 12.6. The Bertz CT molecular complexity index is 301. The minimum atomic E-state index is -2.07. The van der Waals surface area contributed by atoms with E-state index >= 15 is 0 Å². The van der Waals surface area contributed by atoms with Gasteiger partial charge < -0.3 is 0 Å². The van der Waals surface area contributed by atoms with Crippen LogP contribution in [0.2, 0.25) is 0 Å². The van der Waals surface area contributed by atoms with Crippen molar-refractivity contribution in [1.82, 2.24) is 0 Å². The quantitative estimate of drug-likeness (QED) is 0.287. The second kappa shape index (κ2) is 8.61. The van der Waals surface area contributed by atoms with E-state index in [4.69, 9.17) is 0 Å². The van der Waals surface area contributed by atoms with Crippen LogP contribution in [0.15, 0.2) is 0 Å². The Morgan fingerprint density at radius 1 is 1.12 bits per heavy atom. The summed E-state index contributed by atoms with van der Waals surface area (Å²) in [5, 5.41) is 0. The van der Waals surface area contributed by atoms with Crippen molar-refractivity contribution in [2.24, 2.45) is 0 Å². The highest BCUT2D eigenvalue weighted by Gasteiger charge is 2.16. The predicted octanol–water partition coefficient (Wildman–Crippen LogP) is -1.39. The molecule has 16 heavy (non-hydrogen) atoms. The van der Waals surface area contributed by atoms with Crippen LogP contribution in [0.5, 0.6) is 0 Å². The highest BCUT2D eigenvalue weighted by Crippen LogP contribution is 1.90. The number of carbonyl (C=O) groups is 2. The van der Waals surface area contributed by atoms with Gasteiger partial charge in [-0.3, -0.25) is 18.0 Å². The van der Waals surface area contributed by atoms with Gasteiger partial charge in [0.2, 0.25) is 11.6 Å². The van der Waals surface area contributed by atoms with Crippen molar-refractivity contribution in [3.8, 4) is 0 Å². The molecular weight excluding hydrogens is 264 g/mol. The SMILES string of the molecule is COS(=O)OCC(=O)C(=O)COOS(C)=O. The lowest BCUT2D eigenvalue weighted by Gasteiger charge is -2.00. The van der Waals surface area contributed by atoms with Crippen molar-refractivity contribution in [2.45, 2.75) is 0 Å². The molecule has 0 bridgehead atoms. The second-order valence-electron chi connectivity index (χ2n) is 2.21. The molecule has 0 heterocycles. The molecule has 0 aliphatic heterocycles. The van der Waals surface area contributed by atoms with Crippen LogP contribution in [0.4, 0.5) is 0 Å². The Morgan fingerprint density at radius 2 is 1.69 bits per heavy atom. The molecule has 0 aromatic rings. The van der Waals surface area contributed by atoms with E-state index in [0.717, 1.165) is 7.11 Å². The van der Waals surface area contributed by atoms with Crippen LogP contribution in [-0.4, -0.2) is 46.6 Å². The summed E-state index contributed by atoms with van der Waals surface area (Å²) in [6.07, 6.45) is 1.18. The molecule has 0 N–H and O–H groups in total. The summed E-state index contributed by atoms with van der Waals surface area (Å²) in [7, 11) is 1.11. The van der Waals surface area contributed by atoms with E-state index in [2.05, 4.69) is 17.6 Å². The van der Waals surface area contributed by atoms with E-state index in [-0.39, 0.29) is 0 Å². The third kappa shape index (κ3) is 7.73. The van der Waals surface area contributed by atoms with E-state index in [1.807, 2.05) is 0 Å². The Labute approximate surface area is 96.6 Å². The van der Waals surface area contributed by atoms with Gasteiger partial charge >= 0.3 is 11.4 Å². The standard InChI is InChI=1S/C6H10O8S2/c1-11-16(10)13-4-6(8)5(7)3-12-14-15(2)9/h3-4H2,1-2H3. The first-order valence-corrected chi connectivity index (χ1v) is 6.24. The minimum Gasteiger partial charge on any atom is -0.288 e. The maximum atomic E-state index is 11.0. The van der Waals surface area contributed by atoms with Gasteiger partial charge in [0.25, 0.3) is 0 Å². The number of rotatable bonds is 9. The fourth-order valence-corrected chi connectivity index (χ4v) is 0.939. The Kier molecular flexibility index (Phi) is 8.33. The molecule has 0 fully saturated rings. The van der Waals surface area contributed by atoms with Crippen molar-refractivity contribution in [3.63, 3.8) is 0 Å². The first-order valence-electron chi connectivity index (χ1n) is 3.76. The lowest BCUT2D eigenvalue weighted by atomic mass is 10.3. The fourth-order valence-electron chi connectivity index (χ4n) is 0.456. The van der Waals surface area contributed by atoms with Crippen LogP contribution in [0, 0.1) is 0 Å². The summed E-state index contributed by atoms with van der Waals surface area (Å²) in [6, 6.07) is 0. The van der Waals surface area contributed by atoms with Crippen LogP contribution in [0.3, 0.4) is 0 Å². The van der Waals surface area contributed by atoms with Gasteiger partial charge in [0.1, 0.15) is 13.2 Å². The predicted molar refractivity (Wildman–Crippen MR) is 52.2 cm³/mol. The smallest absolute Gasteiger partial charge is 0.288 e. The van der Waals surface area contributed by atoms with Crippen molar-refractivity contribution in [2.75, 3.05) is 26.6 Å². The molecule has 0 spiro atoms. The van der Waals surface area contributed by atoms with Crippen LogP contribution in [0.25, 0.3) is 0 Å². The van der Waals surface area contributed by atoms with Crippen LogP contribution >= 0.6 is 0 Å². The number of hydrogen-bond acceptors (Lipinski definition) is 8. The van der Waals surface area contributed by atoms with Crippen LogP contribution < -0.4 is 0 Å². The molecule has 0 amide bonds. The minimum absolute atomic E-state index is 0.693. The van der Waals surface area contributed by atoms with Gasteiger partial charge in [-0.15, -0.1) is 4.33 Å². The Morgan fingerprint density at radius 3 is 2.19 bits per heavy atom. The molecule has 0 aromatic carbocycles. The molecule has 8 nitrogen and oxygen atoms in total. The normalized spacial score (nSPS) is 14.4. The van der Waals surface area contributed by atoms with E-state index in [9.17, 15) is 18.0 Å². The van der Waals surface area contributed by atoms with Gasteiger partial charge in [-0.1, -0.05) is 0 Å². The molecule has 0 saturated heterocycles. The van der Waals surface area contributed by atoms with Gasteiger partial charge in [0, 0.05) is 6.26 Å². The molecule has 0 radical (unpaired) electrons. The first kappa shape index (κ1) is 15.5. The summed E-state index contributed by atoms with van der Waals surface area (Å²) in [5.74, 6) is -1.92. The van der Waals surface area contributed by atoms with Crippen LogP contribution in [0.1, 0.15) is 0 Å². The largest absolute Gasteiger partial charge is 0.304 e. The molecule has 2 atom stereocenters. The van der Waals surface area contributed by atoms with E-state index in [1.165, 1.54) is 6.26 Å². The summed E-state index contributed by atoms with van der Waals surface area (Å²) in [4.78, 5) is 26.1. The summed E-state index contributed by atoms with van der Waals surface area (Å²) in [5.41, 5.74) is 0. The van der Waals surface area contributed by atoms with Crippen molar-refractivity contribution in [3.05, 3.63) is 0 Å². The number of hydrogen-bond donors (Lipinski definition) is 0. The van der Waals surface area contributed by atoms with E-state index < -0.39 is 47.2 Å². The molecule has 2 unspecified atom stereocenters.